The summed E-state index contributed by atoms with van der Waals surface area (Å²) in [7, 11) is 1.52. The van der Waals surface area contributed by atoms with Gasteiger partial charge in [0.25, 0.3) is 5.91 Å². The van der Waals surface area contributed by atoms with Crippen LogP contribution in [0.5, 0.6) is 11.5 Å². The molecule has 124 valence electrons. The summed E-state index contributed by atoms with van der Waals surface area (Å²) in [5.41, 5.74) is 1.45. The summed E-state index contributed by atoms with van der Waals surface area (Å²) in [5, 5.41) is 12.6. The maximum atomic E-state index is 12.3. The number of methoxy groups -OCH3 is 1. The Morgan fingerprint density at radius 3 is 2.74 bits per heavy atom. The molecule has 0 aliphatic carbocycles. The molecule has 1 aromatic carbocycles. The van der Waals surface area contributed by atoms with Gasteiger partial charge in [0.15, 0.2) is 11.5 Å². The number of aromatic nitrogens is 1. The van der Waals surface area contributed by atoms with Crippen molar-refractivity contribution in [2.24, 2.45) is 0 Å². The van der Waals surface area contributed by atoms with Crippen molar-refractivity contribution >= 4 is 17.2 Å². The van der Waals surface area contributed by atoms with Crippen LogP contribution in [-0.2, 0) is 6.54 Å². The summed E-state index contributed by atoms with van der Waals surface area (Å²) >= 11 is 1.57. The quantitative estimate of drug-likeness (QED) is 0.809. The highest BCUT2D eigenvalue weighted by Gasteiger charge is 2.12. The van der Waals surface area contributed by atoms with Crippen molar-refractivity contribution in [2.45, 2.75) is 20.4 Å². The second kappa shape index (κ2) is 7.94. The number of aliphatic hydroxyl groups is 1. The van der Waals surface area contributed by atoms with Crippen LogP contribution < -0.4 is 14.8 Å². The van der Waals surface area contributed by atoms with Gasteiger partial charge in [-0.15, -0.1) is 11.3 Å². The molecule has 1 aromatic heterocycles. The molecule has 0 fully saturated rings. The molecule has 2 rings (SSSR count). The van der Waals surface area contributed by atoms with Gasteiger partial charge in [0.05, 0.1) is 26.0 Å². The first-order chi connectivity index (χ1) is 11.0. The fourth-order valence-corrected chi connectivity index (χ4v) is 2.83. The van der Waals surface area contributed by atoms with Gasteiger partial charge in [-0.25, -0.2) is 4.98 Å². The monoisotopic (exact) mass is 336 g/mol. The van der Waals surface area contributed by atoms with Gasteiger partial charge in [-0.05, 0) is 32.0 Å². The topological polar surface area (TPSA) is 80.7 Å². The van der Waals surface area contributed by atoms with Gasteiger partial charge < -0.3 is 19.9 Å². The summed E-state index contributed by atoms with van der Waals surface area (Å²) in [6.07, 6.45) is 0. The number of carbonyl (C=O) groups excluding carboxylic acids is 1. The number of amides is 1. The molecule has 0 aliphatic heterocycles. The van der Waals surface area contributed by atoms with E-state index < -0.39 is 0 Å². The third-order valence-electron chi connectivity index (χ3n) is 3.25. The Bertz CT molecular complexity index is 665. The number of aliphatic hydroxyl groups excluding tert-OH is 1. The molecule has 2 N–H and O–H groups in total. The van der Waals surface area contributed by atoms with Crippen molar-refractivity contribution < 1.29 is 19.4 Å². The molecule has 0 spiro atoms. The van der Waals surface area contributed by atoms with Crippen LogP contribution in [0.15, 0.2) is 18.2 Å². The number of hydrogen-bond donors (Lipinski definition) is 2. The second-order valence-corrected chi connectivity index (χ2v) is 6.16. The van der Waals surface area contributed by atoms with Gasteiger partial charge >= 0.3 is 0 Å². The lowest BCUT2D eigenvalue weighted by molar-refractivity contribution is 0.0950. The van der Waals surface area contributed by atoms with Crippen molar-refractivity contribution in [1.29, 1.82) is 0 Å². The lowest BCUT2D eigenvalue weighted by atomic mass is 10.2. The Labute approximate surface area is 139 Å². The predicted molar refractivity (Wildman–Crippen MR) is 88.3 cm³/mol. The van der Waals surface area contributed by atoms with Gasteiger partial charge in [-0.3, -0.25) is 4.79 Å². The molecule has 1 heterocycles. The highest BCUT2D eigenvalue weighted by molar-refractivity contribution is 7.11. The molecule has 0 saturated heterocycles. The minimum atomic E-state index is -0.216. The maximum Gasteiger partial charge on any atom is 0.251 e. The lowest BCUT2D eigenvalue weighted by Gasteiger charge is -2.11. The molecule has 0 bridgehead atoms. The van der Waals surface area contributed by atoms with Crippen molar-refractivity contribution in [3.05, 3.63) is 39.3 Å². The van der Waals surface area contributed by atoms with Crippen molar-refractivity contribution in [3.63, 3.8) is 0 Å². The van der Waals surface area contributed by atoms with Crippen LogP contribution in [0.2, 0.25) is 0 Å². The van der Waals surface area contributed by atoms with E-state index in [1.54, 1.807) is 29.5 Å². The minimum absolute atomic E-state index is 0.109. The van der Waals surface area contributed by atoms with Crippen molar-refractivity contribution in [3.8, 4) is 11.5 Å². The zero-order valence-corrected chi connectivity index (χ0v) is 14.2. The molecule has 0 radical (unpaired) electrons. The number of thiazole rings is 1. The molecule has 23 heavy (non-hydrogen) atoms. The molecule has 1 amide bonds. The van der Waals surface area contributed by atoms with Crippen LogP contribution in [0.3, 0.4) is 0 Å². The summed E-state index contributed by atoms with van der Waals surface area (Å²) in [4.78, 5) is 17.8. The molecule has 0 atom stereocenters. The molecule has 7 heteroatoms. The van der Waals surface area contributed by atoms with Gasteiger partial charge in [-0.1, -0.05) is 0 Å². The second-order valence-electron chi connectivity index (χ2n) is 4.87. The zero-order chi connectivity index (χ0) is 16.8. The van der Waals surface area contributed by atoms with E-state index in [4.69, 9.17) is 14.6 Å². The van der Waals surface area contributed by atoms with Crippen LogP contribution >= 0.6 is 11.3 Å². The van der Waals surface area contributed by atoms with Crippen LogP contribution in [0.25, 0.3) is 0 Å². The maximum absolute atomic E-state index is 12.3. The molecular formula is C16H20N2O4S. The molecule has 0 saturated carbocycles. The van der Waals surface area contributed by atoms with Crippen LogP contribution in [0, 0.1) is 13.8 Å². The third-order valence-corrected chi connectivity index (χ3v) is 4.32. The first-order valence-electron chi connectivity index (χ1n) is 7.18. The molecule has 6 nitrogen and oxygen atoms in total. The average Bonchev–Trinajstić information content (AvgIpc) is 2.88. The van der Waals surface area contributed by atoms with Gasteiger partial charge in [0.1, 0.15) is 11.6 Å². The number of aryl methyl sites for hydroxylation is 2. The predicted octanol–water partition coefficient (Wildman–Crippen LogP) is 2.07. The van der Waals surface area contributed by atoms with Gasteiger partial charge in [0, 0.05) is 10.4 Å². The SMILES string of the molecule is COc1ccc(C(=O)NCc2nc(C)c(C)s2)cc1OCCO. The number of nitrogens with one attached hydrogen (secondary N) is 1. The number of nitrogens with zero attached hydrogens (tertiary/aromatic N) is 1. The summed E-state index contributed by atoms with van der Waals surface area (Å²) in [5.74, 6) is 0.725. The number of ether oxygens (including phenoxy) is 2. The van der Waals surface area contributed by atoms with Crippen LogP contribution in [0.1, 0.15) is 25.9 Å². The highest BCUT2D eigenvalue weighted by Crippen LogP contribution is 2.28. The minimum Gasteiger partial charge on any atom is -0.493 e. The first-order valence-corrected chi connectivity index (χ1v) is 7.99. The normalized spacial score (nSPS) is 10.4. The Hall–Kier alpha value is -2.12. The van der Waals surface area contributed by atoms with E-state index in [2.05, 4.69) is 10.3 Å². The van der Waals surface area contributed by atoms with E-state index in [0.717, 1.165) is 15.6 Å². The number of carbonyl (C=O) groups is 1. The largest absolute Gasteiger partial charge is 0.493 e. The van der Waals surface area contributed by atoms with Crippen molar-refractivity contribution in [1.82, 2.24) is 10.3 Å². The van der Waals surface area contributed by atoms with E-state index in [1.807, 2.05) is 13.8 Å². The Balaban J connectivity index is 2.06. The zero-order valence-electron chi connectivity index (χ0n) is 13.4. The third kappa shape index (κ3) is 4.43. The van der Waals surface area contributed by atoms with Crippen molar-refractivity contribution in [2.75, 3.05) is 20.3 Å². The summed E-state index contributed by atoms with van der Waals surface area (Å²) in [6.45, 7) is 4.37. The Morgan fingerprint density at radius 2 is 2.13 bits per heavy atom. The molecular weight excluding hydrogens is 316 g/mol. The van der Waals surface area contributed by atoms with E-state index >= 15 is 0 Å². The van der Waals surface area contributed by atoms with E-state index in [-0.39, 0.29) is 19.1 Å². The fraction of sp³-hybridized carbons (Fsp3) is 0.375. The van der Waals surface area contributed by atoms with Crippen LogP contribution in [0.4, 0.5) is 0 Å². The van der Waals surface area contributed by atoms with E-state index in [0.29, 0.717) is 23.6 Å². The lowest BCUT2D eigenvalue weighted by Crippen LogP contribution is -2.22. The Morgan fingerprint density at radius 1 is 1.35 bits per heavy atom. The Kier molecular flexibility index (Phi) is 5.95. The van der Waals surface area contributed by atoms with Gasteiger partial charge in [0.2, 0.25) is 0 Å². The average molecular weight is 336 g/mol. The van der Waals surface area contributed by atoms with Gasteiger partial charge in [-0.2, -0.15) is 0 Å². The molecule has 0 aliphatic rings. The highest BCUT2D eigenvalue weighted by atomic mass is 32.1. The van der Waals surface area contributed by atoms with Crippen LogP contribution in [-0.4, -0.2) is 36.3 Å². The van der Waals surface area contributed by atoms with E-state index in [1.165, 1.54) is 7.11 Å². The molecule has 0 unspecified atom stereocenters. The summed E-state index contributed by atoms with van der Waals surface area (Å²) in [6, 6.07) is 4.93. The number of benzene rings is 1. The molecule has 2 aromatic rings. The smallest absolute Gasteiger partial charge is 0.251 e. The number of rotatable bonds is 7. The fourth-order valence-electron chi connectivity index (χ4n) is 1.96. The standard InChI is InChI=1S/C16H20N2O4S/c1-10-11(2)23-15(18-10)9-17-16(20)12-4-5-13(21-3)14(8-12)22-7-6-19/h4-5,8,19H,6-7,9H2,1-3H3,(H,17,20). The van der Waals surface area contributed by atoms with E-state index in [9.17, 15) is 4.79 Å². The summed E-state index contributed by atoms with van der Waals surface area (Å²) < 4.78 is 10.6. The first kappa shape index (κ1) is 17.2. The number of hydrogen-bond acceptors (Lipinski definition) is 6.